The first kappa shape index (κ1) is 36.8. The summed E-state index contributed by atoms with van der Waals surface area (Å²) >= 11 is 0. The Bertz CT molecular complexity index is 3830. The monoisotopic (exact) mass is 829 g/mol. The number of rotatable bonds is 7. The van der Waals surface area contributed by atoms with Crippen LogP contribution in [0.5, 0.6) is 0 Å². The molecule has 4 aromatic heterocycles. The molecule has 304 valence electrons. The Hall–Kier alpha value is -8.80. The maximum absolute atomic E-state index is 5.24. The molecule has 0 aliphatic carbocycles. The lowest BCUT2D eigenvalue weighted by Crippen LogP contribution is -2.09. The fraction of sp³-hybridized carbons (Fsp3) is 0. The van der Waals surface area contributed by atoms with Gasteiger partial charge in [-0.15, -0.1) is 0 Å². The average molecular weight is 830 g/mol. The minimum Gasteiger partial charge on any atom is -0.310 e. The molecule has 0 spiro atoms. The third-order valence-corrected chi connectivity index (χ3v) is 12.8. The second-order valence-corrected chi connectivity index (χ2v) is 16.6. The zero-order valence-electron chi connectivity index (χ0n) is 35.3. The van der Waals surface area contributed by atoms with Crippen molar-refractivity contribution in [1.29, 1.82) is 0 Å². The van der Waals surface area contributed by atoms with Crippen molar-refractivity contribution in [2.45, 2.75) is 0 Å². The largest absolute Gasteiger partial charge is 0.310 e. The van der Waals surface area contributed by atoms with Crippen molar-refractivity contribution in [2.24, 2.45) is 0 Å². The lowest BCUT2D eigenvalue weighted by molar-refractivity contribution is 1.16. The summed E-state index contributed by atoms with van der Waals surface area (Å²) in [6.45, 7) is 0. The van der Waals surface area contributed by atoms with Crippen LogP contribution in [0, 0.1) is 0 Å². The molecule has 0 aliphatic heterocycles. The van der Waals surface area contributed by atoms with Crippen LogP contribution in [0.25, 0.3) is 99.5 Å². The molecule has 13 rings (SSSR count). The first-order valence-electron chi connectivity index (χ1n) is 22.1. The molecule has 0 bridgehead atoms. The predicted octanol–water partition coefficient (Wildman–Crippen LogP) is 15.8. The molecule has 5 heteroatoms. The maximum Gasteiger partial charge on any atom is 0.160 e. The van der Waals surface area contributed by atoms with Gasteiger partial charge >= 0.3 is 0 Å². The Morgan fingerprint density at radius 3 is 1.51 bits per heavy atom. The fourth-order valence-corrected chi connectivity index (χ4v) is 9.96. The van der Waals surface area contributed by atoms with Gasteiger partial charge in [-0.2, -0.15) is 0 Å². The molecule has 0 amide bonds. The topological polar surface area (TPSA) is 38.4 Å². The quantitative estimate of drug-likeness (QED) is 0.150. The van der Waals surface area contributed by atoms with E-state index in [-0.39, 0.29) is 0 Å². The molecule has 0 saturated heterocycles. The standard InChI is InChI=1S/C60H39N5/c1-5-18-40(19-6-1)53-39-54(41-20-7-2-8-21-41)62-60(61-53)42-22-17-27-45(36-42)64-56-34-32-46(63(43-23-9-3-10-24-43)44-25-11-4-12-26-44)37-51(56)50-33-35-57-52(59(50)64)38-58-49-30-14-13-28-47(49)48-29-15-16-31-55(48)65(57)58/h1-39H. The molecular weight excluding hydrogens is 791 g/mol. The van der Waals surface area contributed by atoms with Crippen LogP contribution in [0.2, 0.25) is 0 Å². The number of benzene rings is 9. The van der Waals surface area contributed by atoms with Crippen LogP contribution in [0.15, 0.2) is 237 Å². The van der Waals surface area contributed by atoms with E-state index in [0.29, 0.717) is 5.82 Å². The third kappa shape index (κ3) is 6.01. The number of hydrogen-bond donors (Lipinski definition) is 0. The minimum absolute atomic E-state index is 0.675. The Kier molecular flexibility index (Phi) is 8.46. The molecule has 0 radical (unpaired) electrons. The molecule has 0 aliphatic rings. The summed E-state index contributed by atoms with van der Waals surface area (Å²) in [7, 11) is 0. The summed E-state index contributed by atoms with van der Waals surface area (Å²) in [6, 6.07) is 84.4. The Labute approximate surface area is 375 Å². The van der Waals surface area contributed by atoms with Crippen molar-refractivity contribution >= 4 is 77.0 Å². The highest BCUT2D eigenvalue weighted by atomic mass is 15.1. The Morgan fingerprint density at radius 1 is 0.308 bits per heavy atom. The van der Waals surface area contributed by atoms with Crippen molar-refractivity contribution in [3.05, 3.63) is 237 Å². The molecule has 0 N–H and O–H groups in total. The molecular formula is C60H39N5. The van der Waals surface area contributed by atoms with Gasteiger partial charge in [0.25, 0.3) is 0 Å². The van der Waals surface area contributed by atoms with Gasteiger partial charge in [0, 0.05) is 66.4 Å². The van der Waals surface area contributed by atoms with Crippen molar-refractivity contribution in [2.75, 3.05) is 4.90 Å². The molecule has 5 nitrogen and oxygen atoms in total. The minimum atomic E-state index is 0.675. The van der Waals surface area contributed by atoms with E-state index in [0.717, 1.165) is 67.4 Å². The first-order chi connectivity index (χ1) is 32.2. The van der Waals surface area contributed by atoms with Gasteiger partial charge in [0.1, 0.15) is 0 Å². The number of aromatic nitrogens is 4. The third-order valence-electron chi connectivity index (χ3n) is 12.8. The van der Waals surface area contributed by atoms with Crippen molar-refractivity contribution < 1.29 is 0 Å². The molecule has 4 heterocycles. The lowest BCUT2D eigenvalue weighted by atomic mass is 10.1. The van der Waals surface area contributed by atoms with Gasteiger partial charge in [0.2, 0.25) is 0 Å². The molecule has 13 aromatic rings. The van der Waals surface area contributed by atoms with Crippen LogP contribution < -0.4 is 4.90 Å². The van der Waals surface area contributed by atoms with Crippen molar-refractivity contribution in [3.63, 3.8) is 0 Å². The summed E-state index contributed by atoms with van der Waals surface area (Å²) in [4.78, 5) is 12.8. The highest BCUT2D eigenvalue weighted by Crippen LogP contribution is 2.44. The molecule has 0 atom stereocenters. The zero-order chi connectivity index (χ0) is 42.8. The molecule has 9 aromatic carbocycles. The number of pyridine rings is 1. The van der Waals surface area contributed by atoms with Gasteiger partial charge in [0.15, 0.2) is 5.82 Å². The van der Waals surface area contributed by atoms with E-state index in [1.165, 1.54) is 43.4 Å². The average Bonchev–Trinajstić information content (AvgIpc) is 3.94. The molecule has 65 heavy (non-hydrogen) atoms. The van der Waals surface area contributed by atoms with E-state index in [9.17, 15) is 0 Å². The van der Waals surface area contributed by atoms with Gasteiger partial charge in [0.05, 0.1) is 39.0 Å². The second kappa shape index (κ2) is 14.9. The lowest BCUT2D eigenvalue weighted by Gasteiger charge is -2.25. The van der Waals surface area contributed by atoms with Gasteiger partial charge < -0.3 is 13.9 Å². The van der Waals surface area contributed by atoms with E-state index < -0.39 is 0 Å². The molecule has 0 fully saturated rings. The highest BCUT2D eigenvalue weighted by Gasteiger charge is 2.22. The Balaban J connectivity index is 1.10. The summed E-state index contributed by atoms with van der Waals surface area (Å²) in [5.74, 6) is 0.675. The summed E-state index contributed by atoms with van der Waals surface area (Å²) in [5.41, 5.74) is 14.9. The number of anilines is 3. The van der Waals surface area contributed by atoms with E-state index in [2.05, 4.69) is 238 Å². The van der Waals surface area contributed by atoms with Gasteiger partial charge in [-0.3, -0.25) is 0 Å². The van der Waals surface area contributed by atoms with Crippen LogP contribution in [-0.4, -0.2) is 18.9 Å². The Morgan fingerprint density at radius 2 is 0.846 bits per heavy atom. The smallest absolute Gasteiger partial charge is 0.160 e. The summed E-state index contributed by atoms with van der Waals surface area (Å²) in [5, 5.41) is 7.25. The van der Waals surface area contributed by atoms with Gasteiger partial charge in [-0.1, -0.05) is 158 Å². The number of para-hydroxylation sites is 3. The number of hydrogen-bond acceptors (Lipinski definition) is 3. The molecule has 0 unspecified atom stereocenters. The van der Waals surface area contributed by atoms with Crippen LogP contribution in [0.4, 0.5) is 17.1 Å². The van der Waals surface area contributed by atoms with E-state index in [1.54, 1.807) is 0 Å². The van der Waals surface area contributed by atoms with Crippen LogP contribution in [0.1, 0.15) is 0 Å². The van der Waals surface area contributed by atoms with Crippen LogP contribution in [0.3, 0.4) is 0 Å². The SMILES string of the molecule is c1ccc(-c2cc(-c3ccccc3)nc(-c3cccc(-n4c5ccc(N(c6ccccc6)c6ccccc6)cc5c5ccc6c(cc7c8ccccc8c8ccccc8n76)c54)c3)n2)cc1. The predicted molar refractivity (Wildman–Crippen MR) is 271 cm³/mol. The van der Waals surface area contributed by atoms with Gasteiger partial charge in [-0.25, -0.2) is 9.97 Å². The first-order valence-corrected chi connectivity index (χ1v) is 22.1. The second-order valence-electron chi connectivity index (χ2n) is 16.6. The van der Waals surface area contributed by atoms with Crippen molar-refractivity contribution in [3.8, 4) is 39.6 Å². The van der Waals surface area contributed by atoms with E-state index in [4.69, 9.17) is 9.97 Å². The summed E-state index contributed by atoms with van der Waals surface area (Å²) in [6.07, 6.45) is 0. The number of fused-ring (bicyclic) bond motifs is 12. The molecule has 0 saturated carbocycles. The van der Waals surface area contributed by atoms with Crippen LogP contribution >= 0.6 is 0 Å². The fourth-order valence-electron chi connectivity index (χ4n) is 9.96. The normalized spacial score (nSPS) is 11.7. The number of nitrogens with zero attached hydrogens (tertiary/aromatic N) is 5. The van der Waals surface area contributed by atoms with Gasteiger partial charge in [-0.05, 0) is 84.2 Å². The van der Waals surface area contributed by atoms with E-state index >= 15 is 0 Å². The zero-order valence-corrected chi connectivity index (χ0v) is 35.3. The van der Waals surface area contributed by atoms with Crippen LogP contribution in [-0.2, 0) is 0 Å². The summed E-state index contributed by atoms with van der Waals surface area (Å²) < 4.78 is 4.91. The van der Waals surface area contributed by atoms with E-state index in [1.807, 2.05) is 12.1 Å². The maximum atomic E-state index is 5.24. The highest BCUT2D eigenvalue weighted by molar-refractivity contribution is 6.23. The van der Waals surface area contributed by atoms with Crippen molar-refractivity contribution in [1.82, 2.24) is 18.9 Å².